The van der Waals surface area contributed by atoms with E-state index in [4.69, 9.17) is 16.0 Å². The van der Waals surface area contributed by atoms with E-state index in [0.717, 1.165) is 48.8 Å². The lowest BCUT2D eigenvalue weighted by Gasteiger charge is -2.35. The smallest absolute Gasteiger partial charge is 0.243 e. The van der Waals surface area contributed by atoms with Crippen molar-refractivity contribution >= 4 is 29.2 Å². The molecular formula is C22H30ClN5O2. The number of halogens is 1. The molecule has 162 valence electrons. The molecule has 3 rings (SSSR count). The minimum absolute atomic E-state index is 0.0385. The SMILES string of the molecule is CN(C)C(=O)CN=C(NCCc1ccco1)NC1CCCN(c2ccccc2Cl)C1. The van der Waals surface area contributed by atoms with Crippen molar-refractivity contribution < 1.29 is 9.21 Å². The normalized spacial score (nSPS) is 17.0. The second kappa shape index (κ2) is 10.9. The van der Waals surface area contributed by atoms with Crippen LogP contribution < -0.4 is 15.5 Å². The Morgan fingerprint density at radius 3 is 2.87 bits per heavy atom. The van der Waals surface area contributed by atoms with E-state index >= 15 is 0 Å². The Hall–Kier alpha value is -2.67. The number of carbonyl (C=O) groups excluding carboxylic acids is 1. The molecule has 0 bridgehead atoms. The van der Waals surface area contributed by atoms with Gasteiger partial charge in [-0.05, 0) is 37.1 Å². The summed E-state index contributed by atoms with van der Waals surface area (Å²) in [5.41, 5.74) is 1.05. The number of anilines is 1. The highest BCUT2D eigenvalue weighted by Crippen LogP contribution is 2.27. The number of rotatable bonds is 7. The van der Waals surface area contributed by atoms with Crippen molar-refractivity contribution in [1.82, 2.24) is 15.5 Å². The van der Waals surface area contributed by atoms with Gasteiger partial charge in [0.15, 0.2) is 5.96 Å². The minimum Gasteiger partial charge on any atom is -0.469 e. The predicted octanol–water partition coefficient (Wildman–Crippen LogP) is 2.77. The third-order valence-corrected chi connectivity index (χ3v) is 5.39. The summed E-state index contributed by atoms with van der Waals surface area (Å²) in [6.45, 7) is 2.56. The summed E-state index contributed by atoms with van der Waals surface area (Å²) in [5.74, 6) is 1.51. The van der Waals surface area contributed by atoms with Gasteiger partial charge < -0.3 is 24.9 Å². The van der Waals surface area contributed by atoms with Crippen LogP contribution in [0.3, 0.4) is 0 Å². The molecule has 8 heteroatoms. The third-order valence-electron chi connectivity index (χ3n) is 5.07. The maximum Gasteiger partial charge on any atom is 0.243 e. The van der Waals surface area contributed by atoms with Gasteiger partial charge in [0.1, 0.15) is 12.3 Å². The van der Waals surface area contributed by atoms with Gasteiger partial charge >= 0.3 is 0 Å². The molecule has 1 amide bonds. The monoisotopic (exact) mass is 431 g/mol. The third kappa shape index (κ3) is 6.42. The summed E-state index contributed by atoms with van der Waals surface area (Å²) in [5, 5.41) is 7.60. The predicted molar refractivity (Wildman–Crippen MR) is 121 cm³/mol. The number of para-hydroxylation sites is 1. The fraction of sp³-hybridized carbons (Fsp3) is 0.455. The molecule has 2 aromatic rings. The highest BCUT2D eigenvalue weighted by Gasteiger charge is 2.22. The van der Waals surface area contributed by atoms with Gasteiger partial charge in [0.25, 0.3) is 0 Å². The molecule has 0 radical (unpaired) electrons. The van der Waals surface area contributed by atoms with Gasteiger partial charge in [0.05, 0.1) is 17.0 Å². The van der Waals surface area contributed by atoms with Crippen molar-refractivity contribution in [2.45, 2.75) is 25.3 Å². The number of nitrogens with one attached hydrogen (secondary N) is 2. The fourth-order valence-electron chi connectivity index (χ4n) is 3.41. The number of amides is 1. The van der Waals surface area contributed by atoms with Crippen LogP contribution in [-0.2, 0) is 11.2 Å². The maximum absolute atomic E-state index is 12.0. The zero-order valence-electron chi connectivity index (χ0n) is 17.6. The first-order valence-corrected chi connectivity index (χ1v) is 10.7. The average Bonchev–Trinajstić information content (AvgIpc) is 3.25. The summed E-state index contributed by atoms with van der Waals surface area (Å²) in [6, 6.07) is 12.0. The minimum atomic E-state index is -0.0385. The lowest BCUT2D eigenvalue weighted by Crippen LogP contribution is -2.51. The zero-order chi connectivity index (χ0) is 21.3. The molecule has 1 aromatic heterocycles. The lowest BCUT2D eigenvalue weighted by atomic mass is 10.0. The van der Waals surface area contributed by atoms with E-state index in [9.17, 15) is 4.79 Å². The first kappa shape index (κ1) is 22.0. The first-order valence-electron chi connectivity index (χ1n) is 10.3. The van der Waals surface area contributed by atoms with E-state index in [1.165, 1.54) is 0 Å². The molecule has 1 aromatic carbocycles. The van der Waals surface area contributed by atoms with Crippen LogP contribution in [0, 0.1) is 0 Å². The van der Waals surface area contributed by atoms with Crippen molar-refractivity contribution in [2.75, 3.05) is 45.2 Å². The maximum atomic E-state index is 12.0. The van der Waals surface area contributed by atoms with E-state index in [1.54, 1.807) is 25.3 Å². The molecule has 0 spiro atoms. The van der Waals surface area contributed by atoms with E-state index < -0.39 is 0 Å². The molecule has 1 aliphatic heterocycles. The van der Waals surface area contributed by atoms with E-state index in [2.05, 4.69) is 26.6 Å². The Morgan fingerprint density at radius 2 is 2.13 bits per heavy atom. The molecule has 1 saturated heterocycles. The highest BCUT2D eigenvalue weighted by atomic mass is 35.5. The number of aliphatic imine (C=N–C) groups is 1. The summed E-state index contributed by atoms with van der Waals surface area (Å²) in [7, 11) is 3.47. The lowest BCUT2D eigenvalue weighted by molar-refractivity contribution is -0.127. The van der Waals surface area contributed by atoms with Gasteiger partial charge in [-0.2, -0.15) is 0 Å². The molecule has 7 nitrogen and oxygen atoms in total. The molecule has 1 atom stereocenters. The van der Waals surface area contributed by atoms with Crippen LogP contribution in [0.15, 0.2) is 52.1 Å². The van der Waals surface area contributed by atoms with E-state index in [-0.39, 0.29) is 18.5 Å². The quantitative estimate of drug-likeness (QED) is 0.521. The summed E-state index contributed by atoms with van der Waals surface area (Å²) < 4.78 is 5.39. The number of likely N-dealkylation sites (N-methyl/N-ethyl adjacent to an activating group) is 1. The van der Waals surface area contributed by atoms with Crippen molar-refractivity contribution in [3.05, 3.63) is 53.4 Å². The van der Waals surface area contributed by atoms with Crippen LogP contribution in [0.4, 0.5) is 5.69 Å². The van der Waals surface area contributed by atoms with Crippen LogP contribution >= 0.6 is 11.6 Å². The number of hydrogen-bond donors (Lipinski definition) is 2. The number of benzene rings is 1. The molecule has 1 unspecified atom stereocenters. The van der Waals surface area contributed by atoms with Gasteiger partial charge in [-0.3, -0.25) is 4.79 Å². The molecule has 1 fully saturated rings. The van der Waals surface area contributed by atoms with Crippen molar-refractivity contribution in [3.63, 3.8) is 0 Å². The van der Waals surface area contributed by atoms with Gasteiger partial charge in [-0.1, -0.05) is 23.7 Å². The molecule has 2 N–H and O–H groups in total. The van der Waals surface area contributed by atoms with Gasteiger partial charge in [0.2, 0.25) is 5.91 Å². The molecule has 0 aliphatic carbocycles. The second-order valence-electron chi connectivity index (χ2n) is 7.59. The Morgan fingerprint density at radius 1 is 1.30 bits per heavy atom. The van der Waals surface area contributed by atoms with Crippen LogP contribution in [-0.4, -0.2) is 63.1 Å². The number of furan rings is 1. The number of carbonyl (C=O) groups is 1. The Balaban J connectivity index is 1.62. The van der Waals surface area contributed by atoms with Crippen LogP contribution in [0.5, 0.6) is 0 Å². The number of piperidine rings is 1. The van der Waals surface area contributed by atoms with Gasteiger partial charge in [-0.15, -0.1) is 0 Å². The van der Waals surface area contributed by atoms with Crippen LogP contribution in [0.25, 0.3) is 0 Å². The standard InChI is InChI=1S/C22H30ClN5O2/c1-27(2)21(29)15-25-22(24-12-11-18-8-6-14-30-18)26-17-7-5-13-28(16-17)20-10-4-3-9-19(20)23/h3-4,6,8-10,14,17H,5,7,11-13,15-16H2,1-2H3,(H2,24,25,26). The summed E-state index contributed by atoms with van der Waals surface area (Å²) in [6.07, 6.45) is 4.50. The molecule has 0 saturated carbocycles. The largest absolute Gasteiger partial charge is 0.469 e. The zero-order valence-corrected chi connectivity index (χ0v) is 18.4. The highest BCUT2D eigenvalue weighted by molar-refractivity contribution is 6.33. The fourth-order valence-corrected chi connectivity index (χ4v) is 3.67. The average molecular weight is 432 g/mol. The Kier molecular flexibility index (Phi) is 8.02. The Bertz CT molecular complexity index is 838. The van der Waals surface area contributed by atoms with Gasteiger partial charge in [-0.25, -0.2) is 4.99 Å². The second-order valence-corrected chi connectivity index (χ2v) is 8.00. The van der Waals surface area contributed by atoms with E-state index in [0.29, 0.717) is 12.5 Å². The van der Waals surface area contributed by atoms with Crippen molar-refractivity contribution in [1.29, 1.82) is 0 Å². The Labute approximate surface area is 183 Å². The molecule has 1 aliphatic rings. The molecular weight excluding hydrogens is 402 g/mol. The van der Waals surface area contributed by atoms with Crippen molar-refractivity contribution in [3.8, 4) is 0 Å². The van der Waals surface area contributed by atoms with Gasteiger partial charge in [0, 0.05) is 46.2 Å². The van der Waals surface area contributed by atoms with Crippen LogP contribution in [0.1, 0.15) is 18.6 Å². The van der Waals surface area contributed by atoms with Crippen LogP contribution in [0.2, 0.25) is 5.02 Å². The number of guanidine groups is 1. The van der Waals surface area contributed by atoms with E-state index in [1.807, 2.05) is 30.3 Å². The molecule has 30 heavy (non-hydrogen) atoms. The topological polar surface area (TPSA) is 73.1 Å². The summed E-state index contributed by atoms with van der Waals surface area (Å²) in [4.78, 5) is 20.3. The first-order chi connectivity index (χ1) is 14.5. The van der Waals surface area contributed by atoms with Crippen molar-refractivity contribution in [2.24, 2.45) is 4.99 Å². The summed E-state index contributed by atoms with van der Waals surface area (Å²) >= 11 is 6.39. The molecule has 2 heterocycles. The number of hydrogen-bond acceptors (Lipinski definition) is 4. The number of nitrogens with zero attached hydrogens (tertiary/aromatic N) is 3.